The topological polar surface area (TPSA) is 84.9 Å². The molecule has 0 atom stereocenters. The molecule has 0 saturated carbocycles. The van der Waals surface area contributed by atoms with Gasteiger partial charge < -0.3 is 15.4 Å². The molecule has 7 heteroatoms. The maximum absolute atomic E-state index is 5.83. The van der Waals surface area contributed by atoms with Crippen molar-refractivity contribution in [2.45, 2.75) is 20.0 Å². The average molecular weight is 372 g/mol. The molecule has 0 saturated heterocycles. The molecule has 0 aliphatic carbocycles. The number of anilines is 4. The lowest BCUT2D eigenvalue weighted by Crippen LogP contribution is -2.08. The minimum absolute atomic E-state index is 0.0638. The molecule has 4 aromatic rings. The van der Waals surface area contributed by atoms with E-state index in [-0.39, 0.29) is 6.10 Å². The van der Waals surface area contributed by atoms with E-state index in [0.29, 0.717) is 11.8 Å². The number of aromatic nitrogens is 4. The Morgan fingerprint density at radius 3 is 2.61 bits per heavy atom. The van der Waals surface area contributed by atoms with Crippen molar-refractivity contribution in [1.82, 2.24) is 20.2 Å². The van der Waals surface area contributed by atoms with Crippen molar-refractivity contribution in [2.75, 3.05) is 10.6 Å². The summed E-state index contributed by atoms with van der Waals surface area (Å²) in [4.78, 5) is 8.96. The largest absolute Gasteiger partial charge is 0.489 e. The summed E-state index contributed by atoms with van der Waals surface area (Å²) in [6.07, 6.45) is 3.40. The van der Waals surface area contributed by atoms with Crippen molar-refractivity contribution >= 4 is 34.0 Å². The number of hydrogen-bond donors (Lipinski definition) is 2. The highest BCUT2D eigenvalue weighted by atomic mass is 16.5. The van der Waals surface area contributed by atoms with Gasteiger partial charge in [-0.15, -0.1) is 5.10 Å². The lowest BCUT2D eigenvalue weighted by molar-refractivity contribution is 0.244. The summed E-state index contributed by atoms with van der Waals surface area (Å²) < 4.78 is 5.83. The van der Waals surface area contributed by atoms with E-state index in [1.165, 1.54) is 0 Å². The second-order valence-electron chi connectivity index (χ2n) is 6.46. The van der Waals surface area contributed by atoms with Gasteiger partial charge in [0.05, 0.1) is 29.2 Å². The van der Waals surface area contributed by atoms with Crippen LogP contribution in [0.1, 0.15) is 13.8 Å². The van der Waals surface area contributed by atoms with Gasteiger partial charge in [0, 0.05) is 11.6 Å². The summed E-state index contributed by atoms with van der Waals surface area (Å²) in [5.41, 5.74) is 2.50. The monoisotopic (exact) mass is 372 g/mol. The molecule has 0 aliphatic rings. The van der Waals surface area contributed by atoms with Crippen LogP contribution in [0.15, 0.2) is 67.0 Å². The molecule has 28 heavy (non-hydrogen) atoms. The number of ether oxygens (including phenoxy) is 1. The Labute approximate surface area is 162 Å². The predicted molar refractivity (Wildman–Crippen MR) is 110 cm³/mol. The third kappa shape index (κ3) is 3.98. The van der Waals surface area contributed by atoms with Crippen LogP contribution in [0.5, 0.6) is 5.75 Å². The van der Waals surface area contributed by atoms with Gasteiger partial charge in [-0.1, -0.05) is 30.3 Å². The number of hydrogen-bond acceptors (Lipinski definition) is 7. The molecule has 0 fully saturated rings. The maximum Gasteiger partial charge on any atom is 0.249 e. The fraction of sp³-hybridized carbons (Fsp3) is 0.143. The van der Waals surface area contributed by atoms with E-state index >= 15 is 0 Å². The number of benzene rings is 2. The first-order valence-corrected chi connectivity index (χ1v) is 9.02. The molecule has 4 rings (SSSR count). The SMILES string of the molecule is CC(C)Oc1ccccc1Nc1nncc(Nc2cccc3cccnc23)n1. The molecule has 140 valence electrons. The molecule has 0 radical (unpaired) electrons. The zero-order valence-corrected chi connectivity index (χ0v) is 15.6. The number of para-hydroxylation sites is 3. The second kappa shape index (κ2) is 7.87. The Balaban J connectivity index is 1.59. The summed E-state index contributed by atoms with van der Waals surface area (Å²) >= 11 is 0. The van der Waals surface area contributed by atoms with E-state index < -0.39 is 0 Å². The summed E-state index contributed by atoms with van der Waals surface area (Å²) in [6, 6.07) is 17.5. The van der Waals surface area contributed by atoms with Gasteiger partial charge in [0.2, 0.25) is 5.95 Å². The standard InChI is InChI=1S/C21H20N6O/c1-14(2)28-18-11-4-3-9-16(18)25-21-26-19(13-23-27-21)24-17-10-5-7-15-8-6-12-22-20(15)17/h3-14H,1-2H3,(H2,24,25,26,27). The fourth-order valence-electron chi connectivity index (χ4n) is 2.81. The first kappa shape index (κ1) is 17.7. The Hall–Kier alpha value is -3.74. The zero-order valence-electron chi connectivity index (χ0n) is 15.6. The van der Waals surface area contributed by atoms with Gasteiger partial charge in [0.25, 0.3) is 0 Å². The van der Waals surface area contributed by atoms with E-state index in [4.69, 9.17) is 4.74 Å². The second-order valence-corrected chi connectivity index (χ2v) is 6.46. The lowest BCUT2D eigenvalue weighted by atomic mass is 10.2. The highest BCUT2D eigenvalue weighted by Crippen LogP contribution is 2.28. The smallest absolute Gasteiger partial charge is 0.249 e. The van der Waals surface area contributed by atoms with Gasteiger partial charge in [0.1, 0.15) is 5.75 Å². The van der Waals surface area contributed by atoms with Crippen molar-refractivity contribution < 1.29 is 4.74 Å². The number of rotatable bonds is 6. The van der Waals surface area contributed by atoms with Crippen LogP contribution in [0.4, 0.5) is 23.1 Å². The Kier molecular flexibility index (Phi) is 4.97. The van der Waals surface area contributed by atoms with E-state index in [0.717, 1.165) is 28.0 Å². The molecular weight excluding hydrogens is 352 g/mol. The summed E-state index contributed by atoms with van der Waals surface area (Å²) in [5.74, 6) is 1.67. The van der Waals surface area contributed by atoms with E-state index in [1.807, 2.05) is 68.4 Å². The third-order valence-electron chi connectivity index (χ3n) is 3.95. The number of nitrogens with zero attached hydrogens (tertiary/aromatic N) is 4. The molecule has 0 unspecified atom stereocenters. The molecule has 0 spiro atoms. The minimum atomic E-state index is 0.0638. The molecule has 0 amide bonds. The van der Waals surface area contributed by atoms with E-state index in [2.05, 4.69) is 30.8 Å². The Morgan fingerprint density at radius 1 is 0.893 bits per heavy atom. The molecule has 2 N–H and O–H groups in total. The van der Waals surface area contributed by atoms with Crippen LogP contribution in [-0.4, -0.2) is 26.3 Å². The molecule has 0 aliphatic heterocycles. The normalized spacial score (nSPS) is 10.8. The first-order valence-electron chi connectivity index (χ1n) is 9.02. The lowest BCUT2D eigenvalue weighted by Gasteiger charge is -2.15. The predicted octanol–water partition coefficient (Wildman–Crippen LogP) is 4.69. The van der Waals surface area contributed by atoms with Gasteiger partial charge in [-0.2, -0.15) is 10.1 Å². The molecule has 2 aromatic heterocycles. The Morgan fingerprint density at radius 2 is 1.71 bits per heavy atom. The molecule has 7 nitrogen and oxygen atoms in total. The molecule has 2 heterocycles. The minimum Gasteiger partial charge on any atom is -0.489 e. The fourth-order valence-corrected chi connectivity index (χ4v) is 2.81. The van der Waals surface area contributed by atoms with Gasteiger partial charge in [-0.3, -0.25) is 4.98 Å². The molecule has 0 bridgehead atoms. The molecular formula is C21H20N6O. The quantitative estimate of drug-likeness (QED) is 0.508. The summed E-state index contributed by atoms with van der Waals surface area (Å²) in [5, 5.41) is 15.6. The van der Waals surface area contributed by atoms with Crippen molar-refractivity contribution in [3.05, 3.63) is 67.0 Å². The highest BCUT2D eigenvalue weighted by molar-refractivity contribution is 5.91. The van der Waals surface area contributed by atoms with Crippen LogP contribution >= 0.6 is 0 Å². The van der Waals surface area contributed by atoms with Crippen LogP contribution in [0.25, 0.3) is 10.9 Å². The van der Waals surface area contributed by atoms with Gasteiger partial charge in [-0.05, 0) is 38.1 Å². The number of pyridine rings is 1. The van der Waals surface area contributed by atoms with E-state index in [9.17, 15) is 0 Å². The van der Waals surface area contributed by atoms with Gasteiger partial charge >= 0.3 is 0 Å². The van der Waals surface area contributed by atoms with Crippen LogP contribution < -0.4 is 15.4 Å². The van der Waals surface area contributed by atoms with Gasteiger partial charge in [0.15, 0.2) is 5.82 Å². The number of nitrogens with one attached hydrogen (secondary N) is 2. The van der Waals surface area contributed by atoms with E-state index in [1.54, 1.807) is 12.4 Å². The van der Waals surface area contributed by atoms with Crippen molar-refractivity contribution in [3.63, 3.8) is 0 Å². The zero-order chi connectivity index (χ0) is 19.3. The summed E-state index contributed by atoms with van der Waals surface area (Å²) in [6.45, 7) is 3.97. The van der Waals surface area contributed by atoms with Crippen molar-refractivity contribution in [2.24, 2.45) is 0 Å². The summed E-state index contributed by atoms with van der Waals surface area (Å²) in [7, 11) is 0. The maximum atomic E-state index is 5.83. The third-order valence-corrected chi connectivity index (χ3v) is 3.95. The van der Waals surface area contributed by atoms with Crippen LogP contribution in [0.3, 0.4) is 0 Å². The Bertz CT molecular complexity index is 1090. The van der Waals surface area contributed by atoms with Crippen molar-refractivity contribution in [1.29, 1.82) is 0 Å². The van der Waals surface area contributed by atoms with Crippen molar-refractivity contribution in [3.8, 4) is 5.75 Å². The molecule has 2 aromatic carbocycles. The highest BCUT2D eigenvalue weighted by Gasteiger charge is 2.09. The van der Waals surface area contributed by atoms with Crippen LogP contribution in [-0.2, 0) is 0 Å². The van der Waals surface area contributed by atoms with Crippen LogP contribution in [0, 0.1) is 0 Å². The first-order chi connectivity index (χ1) is 13.7. The van der Waals surface area contributed by atoms with Crippen LogP contribution in [0.2, 0.25) is 0 Å². The number of fused-ring (bicyclic) bond motifs is 1. The average Bonchev–Trinajstić information content (AvgIpc) is 2.70. The van der Waals surface area contributed by atoms with Gasteiger partial charge in [-0.25, -0.2) is 0 Å².